The van der Waals surface area contributed by atoms with E-state index in [1.807, 2.05) is 24.2 Å². The zero-order valence-electron chi connectivity index (χ0n) is 10.7. The normalized spacial score (nSPS) is 10.9. The Morgan fingerprint density at radius 2 is 1.74 bits per heavy atom. The highest BCUT2D eigenvalue weighted by atomic mass is 32.2. The van der Waals surface area contributed by atoms with Crippen LogP contribution in [-0.4, -0.2) is 15.3 Å². The number of fused-ring (bicyclic) bond motifs is 1. The van der Waals surface area contributed by atoms with Gasteiger partial charge in [0.15, 0.2) is 0 Å². The van der Waals surface area contributed by atoms with Crippen LogP contribution in [0.4, 0.5) is 0 Å². The zero-order chi connectivity index (χ0) is 12.9. The summed E-state index contributed by atoms with van der Waals surface area (Å²) in [4.78, 5) is 4.41. The van der Waals surface area contributed by atoms with Crippen molar-refractivity contribution in [3.63, 3.8) is 0 Å². The molecule has 3 aromatic rings. The summed E-state index contributed by atoms with van der Waals surface area (Å²) in [5.41, 5.74) is 3.70. The van der Waals surface area contributed by atoms with Gasteiger partial charge in [0, 0.05) is 18.1 Å². The second kappa shape index (κ2) is 5.93. The van der Waals surface area contributed by atoms with Crippen LogP contribution in [0.1, 0.15) is 5.56 Å². The number of aryl methyl sites for hydroxylation is 1. The van der Waals surface area contributed by atoms with Gasteiger partial charge in [-0.1, -0.05) is 42.5 Å². The molecule has 0 fully saturated rings. The molecule has 0 aliphatic carbocycles. The number of hydrogen-bond acceptors (Lipinski definition) is 2. The minimum absolute atomic E-state index is 1.01. The van der Waals surface area contributed by atoms with Crippen LogP contribution in [0.25, 0.3) is 11.0 Å². The van der Waals surface area contributed by atoms with Crippen LogP contribution in [-0.2, 0) is 12.3 Å². The van der Waals surface area contributed by atoms with Gasteiger partial charge in [-0.05, 0) is 17.7 Å². The van der Waals surface area contributed by atoms with Crippen LogP contribution >= 0.6 is 11.8 Å². The Morgan fingerprint density at radius 1 is 0.947 bits per heavy atom. The SMILES string of the molecule is c1ccc(CSCCn2cnc3ccccc32)cc1. The van der Waals surface area contributed by atoms with Crippen LogP contribution in [0.2, 0.25) is 0 Å². The van der Waals surface area contributed by atoms with Crippen LogP contribution in [0.5, 0.6) is 0 Å². The molecule has 1 heterocycles. The first-order chi connectivity index (χ1) is 9.43. The smallest absolute Gasteiger partial charge is 0.0958 e. The lowest BCUT2D eigenvalue weighted by molar-refractivity contribution is 0.796. The van der Waals surface area contributed by atoms with Gasteiger partial charge in [-0.2, -0.15) is 11.8 Å². The lowest BCUT2D eigenvalue weighted by Gasteiger charge is -2.04. The number of nitrogens with zero attached hydrogens (tertiary/aromatic N) is 2. The van der Waals surface area contributed by atoms with Gasteiger partial charge >= 0.3 is 0 Å². The number of hydrogen-bond donors (Lipinski definition) is 0. The zero-order valence-corrected chi connectivity index (χ0v) is 11.5. The van der Waals surface area contributed by atoms with E-state index in [4.69, 9.17) is 0 Å². The topological polar surface area (TPSA) is 17.8 Å². The van der Waals surface area contributed by atoms with Gasteiger partial charge in [0.1, 0.15) is 0 Å². The Bertz CT molecular complexity index is 646. The van der Waals surface area contributed by atoms with Crippen molar-refractivity contribution in [2.24, 2.45) is 0 Å². The lowest BCUT2D eigenvalue weighted by atomic mass is 10.2. The Hall–Kier alpha value is -1.74. The van der Waals surface area contributed by atoms with Crippen molar-refractivity contribution in [1.82, 2.24) is 9.55 Å². The predicted molar refractivity (Wildman–Crippen MR) is 82.3 cm³/mol. The van der Waals surface area contributed by atoms with Gasteiger partial charge in [0.25, 0.3) is 0 Å². The number of imidazole rings is 1. The van der Waals surface area contributed by atoms with E-state index in [2.05, 4.69) is 58.1 Å². The molecule has 0 unspecified atom stereocenters. The molecule has 0 saturated carbocycles. The first-order valence-electron chi connectivity index (χ1n) is 6.45. The third-order valence-corrected chi connectivity index (χ3v) is 4.12. The van der Waals surface area contributed by atoms with Crippen molar-refractivity contribution >= 4 is 22.8 Å². The van der Waals surface area contributed by atoms with E-state index in [0.29, 0.717) is 0 Å². The molecule has 0 amide bonds. The average Bonchev–Trinajstić information content (AvgIpc) is 2.88. The molecule has 1 aromatic heterocycles. The Balaban J connectivity index is 1.55. The molecule has 0 radical (unpaired) electrons. The lowest BCUT2D eigenvalue weighted by Crippen LogP contribution is -1.98. The largest absolute Gasteiger partial charge is 0.330 e. The first-order valence-corrected chi connectivity index (χ1v) is 7.60. The van der Waals surface area contributed by atoms with Crippen molar-refractivity contribution in [1.29, 1.82) is 0 Å². The number of rotatable bonds is 5. The van der Waals surface area contributed by atoms with Crippen LogP contribution in [0, 0.1) is 0 Å². The second-order valence-corrected chi connectivity index (χ2v) is 5.57. The fourth-order valence-corrected chi connectivity index (χ4v) is 3.01. The minimum Gasteiger partial charge on any atom is -0.330 e. The summed E-state index contributed by atoms with van der Waals surface area (Å²) in [5.74, 6) is 2.18. The van der Waals surface area contributed by atoms with Crippen molar-refractivity contribution < 1.29 is 0 Å². The number of benzene rings is 2. The minimum atomic E-state index is 1.01. The quantitative estimate of drug-likeness (QED) is 0.652. The van der Waals surface area contributed by atoms with E-state index in [0.717, 1.165) is 23.6 Å². The van der Waals surface area contributed by atoms with E-state index in [-0.39, 0.29) is 0 Å². The molecular weight excluding hydrogens is 252 g/mol. The summed E-state index contributed by atoms with van der Waals surface area (Å²) in [7, 11) is 0. The summed E-state index contributed by atoms with van der Waals surface area (Å²) in [5, 5.41) is 0. The van der Waals surface area contributed by atoms with Crippen molar-refractivity contribution in [2.75, 3.05) is 5.75 Å². The van der Waals surface area contributed by atoms with Crippen LogP contribution < -0.4 is 0 Å². The van der Waals surface area contributed by atoms with E-state index in [1.165, 1.54) is 11.1 Å². The molecule has 3 rings (SSSR count). The van der Waals surface area contributed by atoms with E-state index in [9.17, 15) is 0 Å². The number of para-hydroxylation sites is 2. The molecule has 0 aliphatic heterocycles. The Labute approximate surface area is 117 Å². The van der Waals surface area contributed by atoms with Gasteiger partial charge in [0.05, 0.1) is 17.4 Å². The molecule has 2 nitrogen and oxygen atoms in total. The third-order valence-electron chi connectivity index (χ3n) is 3.12. The summed E-state index contributed by atoms with van der Waals surface area (Å²) in [6.45, 7) is 1.01. The van der Waals surface area contributed by atoms with Crippen molar-refractivity contribution in [2.45, 2.75) is 12.3 Å². The summed E-state index contributed by atoms with van der Waals surface area (Å²) < 4.78 is 2.23. The predicted octanol–water partition coefficient (Wildman–Crippen LogP) is 3.97. The van der Waals surface area contributed by atoms with Crippen LogP contribution in [0.3, 0.4) is 0 Å². The Kier molecular flexibility index (Phi) is 3.84. The molecule has 0 atom stereocenters. The number of thioether (sulfide) groups is 1. The maximum absolute atomic E-state index is 4.41. The second-order valence-electron chi connectivity index (χ2n) is 4.46. The van der Waals surface area contributed by atoms with Gasteiger partial charge in [-0.25, -0.2) is 4.98 Å². The molecule has 0 aliphatic rings. The maximum Gasteiger partial charge on any atom is 0.0958 e. The monoisotopic (exact) mass is 268 g/mol. The summed E-state index contributed by atoms with van der Waals surface area (Å²) in [6.07, 6.45) is 1.94. The molecule has 3 heteroatoms. The van der Waals surface area contributed by atoms with Gasteiger partial charge in [-0.3, -0.25) is 0 Å². The van der Waals surface area contributed by atoms with E-state index >= 15 is 0 Å². The van der Waals surface area contributed by atoms with E-state index in [1.54, 1.807) is 0 Å². The summed E-state index contributed by atoms with van der Waals surface area (Å²) >= 11 is 1.96. The standard InChI is InChI=1S/C16H16N2S/c1-2-6-14(7-3-1)12-19-11-10-18-13-17-15-8-4-5-9-16(15)18/h1-9,13H,10-12H2. The van der Waals surface area contributed by atoms with Gasteiger partial charge in [0.2, 0.25) is 0 Å². The highest BCUT2D eigenvalue weighted by Gasteiger charge is 2.00. The molecular formula is C16H16N2S. The molecule has 0 spiro atoms. The fourth-order valence-electron chi connectivity index (χ4n) is 2.12. The van der Waals surface area contributed by atoms with Crippen molar-refractivity contribution in [3.05, 3.63) is 66.5 Å². The first kappa shape index (κ1) is 12.3. The molecule has 2 aromatic carbocycles. The fraction of sp³-hybridized carbons (Fsp3) is 0.188. The summed E-state index contributed by atoms with van der Waals surface area (Å²) in [6, 6.07) is 18.9. The molecule has 0 N–H and O–H groups in total. The molecule has 19 heavy (non-hydrogen) atoms. The number of aromatic nitrogens is 2. The molecule has 0 bridgehead atoms. The third kappa shape index (κ3) is 2.99. The van der Waals surface area contributed by atoms with E-state index < -0.39 is 0 Å². The molecule has 0 saturated heterocycles. The van der Waals surface area contributed by atoms with Gasteiger partial charge < -0.3 is 4.57 Å². The van der Waals surface area contributed by atoms with Crippen LogP contribution in [0.15, 0.2) is 60.9 Å². The highest BCUT2D eigenvalue weighted by Crippen LogP contribution is 2.15. The highest BCUT2D eigenvalue weighted by molar-refractivity contribution is 7.98. The maximum atomic E-state index is 4.41. The van der Waals surface area contributed by atoms with Gasteiger partial charge in [-0.15, -0.1) is 0 Å². The molecule has 96 valence electrons. The van der Waals surface area contributed by atoms with Crippen molar-refractivity contribution in [3.8, 4) is 0 Å². The average molecular weight is 268 g/mol. The Morgan fingerprint density at radius 3 is 2.63 bits per heavy atom.